The lowest BCUT2D eigenvalue weighted by Crippen LogP contribution is -2.21. The van der Waals surface area contributed by atoms with Crippen LogP contribution >= 0.6 is 0 Å². The van der Waals surface area contributed by atoms with E-state index in [9.17, 15) is 14.7 Å². The van der Waals surface area contributed by atoms with Crippen LogP contribution in [0.1, 0.15) is 54.6 Å². The lowest BCUT2D eigenvalue weighted by molar-refractivity contribution is -0.135. The molecule has 0 spiro atoms. The first-order valence-corrected chi connectivity index (χ1v) is 8.21. The summed E-state index contributed by atoms with van der Waals surface area (Å²) in [4.78, 5) is 23.7. The number of ketones is 1. The number of aromatic hydroxyl groups is 1. The predicted molar refractivity (Wildman–Crippen MR) is 92.4 cm³/mol. The van der Waals surface area contributed by atoms with Crippen molar-refractivity contribution in [2.45, 2.75) is 39.2 Å². The Hall–Kier alpha value is -2.82. The number of phenolic OH excluding ortho intramolecular Hbond substituents is 1. The molecule has 2 aromatic carbocycles. The molecule has 3 rings (SSSR count). The van der Waals surface area contributed by atoms with Gasteiger partial charge in [0.15, 0.2) is 5.78 Å². The first-order valence-electron chi connectivity index (χ1n) is 8.21. The molecule has 0 unspecified atom stereocenters. The molecular weight excluding hydrogens is 320 g/mol. The zero-order chi connectivity index (χ0) is 18.1. The quantitative estimate of drug-likeness (QED) is 0.520. The van der Waals surface area contributed by atoms with Gasteiger partial charge in [0.2, 0.25) is 0 Å². The lowest BCUT2D eigenvalue weighted by atomic mass is 9.84. The second-order valence-electron chi connectivity index (χ2n) is 6.40. The van der Waals surface area contributed by atoms with E-state index in [0.717, 1.165) is 11.3 Å². The van der Waals surface area contributed by atoms with E-state index >= 15 is 0 Å². The van der Waals surface area contributed by atoms with Gasteiger partial charge in [-0.2, -0.15) is 0 Å². The fourth-order valence-electron chi connectivity index (χ4n) is 3.07. The Kier molecular flexibility index (Phi) is 4.49. The van der Waals surface area contributed by atoms with Gasteiger partial charge >= 0.3 is 5.97 Å². The zero-order valence-corrected chi connectivity index (χ0v) is 14.4. The normalized spacial score (nSPS) is 16.3. The van der Waals surface area contributed by atoms with E-state index in [4.69, 9.17) is 9.47 Å². The standard InChI is InChI=1S/C20H20O5/c1-11(2)24-14-6-4-13(5-7-14)16-10-18(22)25-17-9-8-15(12(3)21)20(23)19(16)17/h4-9,11,16,23H,10H2,1-3H3/t16-/m0/s1. The maximum absolute atomic E-state index is 12.0. The van der Waals surface area contributed by atoms with Crippen molar-refractivity contribution in [1.29, 1.82) is 0 Å². The van der Waals surface area contributed by atoms with Crippen LogP contribution in [-0.4, -0.2) is 23.0 Å². The van der Waals surface area contributed by atoms with Gasteiger partial charge in [-0.1, -0.05) is 12.1 Å². The summed E-state index contributed by atoms with van der Waals surface area (Å²) >= 11 is 0. The molecular formula is C20H20O5. The molecule has 5 heteroatoms. The van der Waals surface area contributed by atoms with Gasteiger partial charge < -0.3 is 14.6 Å². The summed E-state index contributed by atoms with van der Waals surface area (Å²) in [5.74, 6) is -0.0643. The van der Waals surface area contributed by atoms with Crippen LogP contribution in [0.3, 0.4) is 0 Å². The number of hydrogen-bond acceptors (Lipinski definition) is 5. The summed E-state index contributed by atoms with van der Waals surface area (Å²) < 4.78 is 10.9. The summed E-state index contributed by atoms with van der Waals surface area (Å²) in [6, 6.07) is 10.4. The maximum Gasteiger partial charge on any atom is 0.312 e. The minimum Gasteiger partial charge on any atom is -0.507 e. The molecule has 1 N–H and O–H groups in total. The van der Waals surface area contributed by atoms with Crippen molar-refractivity contribution in [3.8, 4) is 17.2 Å². The SMILES string of the molecule is CC(=O)c1ccc2c(c1O)[C@H](c1ccc(OC(C)C)cc1)CC(=O)O2. The second kappa shape index (κ2) is 6.59. The van der Waals surface area contributed by atoms with Gasteiger partial charge in [0.05, 0.1) is 18.1 Å². The minimum absolute atomic E-state index is 0.0680. The number of hydrogen-bond donors (Lipinski definition) is 1. The third kappa shape index (κ3) is 3.36. The number of fused-ring (bicyclic) bond motifs is 1. The largest absolute Gasteiger partial charge is 0.507 e. The molecule has 0 bridgehead atoms. The Bertz CT molecular complexity index is 821. The van der Waals surface area contributed by atoms with E-state index in [2.05, 4.69) is 0 Å². The molecule has 1 aliphatic heterocycles. The molecule has 1 aliphatic rings. The van der Waals surface area contributed by atoms with E-state index in [0.29, 0.717) is 11.3 Å². The molecule has 5 nitrogen and oxygen atoms in total. The zero-order valence-electron chi connectivity index (χ0n) is 14.4. The number of ether oxygens (including phenoxy) is 2. The third-order valence-corrected chi connectivity index (χ3v) is 4.15. The van der Waals surface area contributed by atoms with Gasteiger partial charge in [-0.3, -0.25) is 9.59 Å². The van der Waals surface area contributed by atoms with Crippen LogP contribution in [0.5, 0.6) is 17.2 Å². The first kappa shape index (κ1) is 17.0. The highest BCUT2D eigenvalue weighted by Gasteiger charge is 2.32. The Morgan fingerprint density at radius 1 is 1.20 bits per heavy atom. The molecule has 25 heavy (non-hydrogen) atoms. The van der Waals surface area contributed by atoms with E-state index < -0.39 is 0 Å². The molecule has 0 aliphatic carbocycles. The molecule has 1 atom stereocenters. The van der Waals surface area contributed by atoms with Crippen molar-refractivity contribution >= 4 is 11.8 Å². The van der Waals surface area contributed by atoms with Crippen LogP contribution in [0.15, 0.2) is 36.4 Å². The summed E-state index contributed by atoms with van der Waals surface area (Å²) in [6.45, 7) is 5.29. The summed E-state index contributed by atoms with van der Waals surface area (Å²) in [6.07, 6.45) is 0.171. The molecule has 1 heterocycles. The third-order valence-electron chi connectivity index (χ3n) is 4.15. The molecule has 130 valence electrons. The van der Waals surface area contributed by atoms with Crippen molar-refractivity contribution in [2.24, 2.45) is 0 Å². The van der Waals surface area contributed by atoms with Crippen molar-refractivity contribution in [3.05, 3.63) is 53.1 Å². The number of carbonyl (C=O) groups excluding carboxylic acids is 2. The van der Waals surface area contributed by atoms with Crippen molar-refractivity contribution in [3.63, 3.8) is 0 Å². The smallest absolute Gasteiger partial charge is 0.312 e. The van der Waals surface area contributed by atoms with Crippen LogP contribution in [0, 0.1) is 0 Å². The average molecular weight is 340 g/mol. The van der Waals surface area contributed by atoms with Gasteiger partial charge in [-0.05, 0) is 50.6 Å². The van der Waals surface area contributed by atoms with E-state index in [1.807, 2.05) is 38.1 Å². The average Bonchev–Trinajstić information content (AvgIpc) is 2.54. The highest BCUT2D eigenvalue weighted by atomic mass is 16.5. The van der Waals surface area contributed by atoms with E-state index in [1.165, 1.54) is 13.0 Å². The van der Waals surface area contributed by atoms with Crippen LogP contribution in [0.2, 0.25) is 0 Å². The van der Waals surface area contributed by atoms with Gasteiger partial charge in [-0.15, -0.1) is 0 Å². The number of benzene rings is 2. The van der Waals surface area contributed by atoms with Crippen LogP contribution < -0.4 is 9.47 Å². The summed E-state index contributed by atoms with van der Waals surface area (Å²) in [5.41, 5.74) is 1.55. The van der Waals surface area contributed by atoms with Gasteiger partial charge in [0.25, 0.3) is 0 Å². The lowest BCUT2D eigenvalue weighted by Gasteiger charge is -2.26. The van der Waals surface area contributed by atoms with Gasteiger partial charge in [0, 0.05) is 11.5 Å². The van der Waals surface area contributed by atoms with Crippen LogP contribution in [0.4, 0.5) is 0 Å². The Balaban J connectivity index is 2.05. The number of carbonyl (C=O) groups is 2. The molecule has 0 fully saturated rings. The highest BCUT2D eigenvalue weighted by molar-refractivity contribution is 5.98. The topological polar surface area (TPSA) is 72.8 Å². The molecule has 0 amide bonds. The fourth-order valence-corrected chi connectivity index (χ4v) is 3.07. The molecule has 0 radical (unpaired) electrons. The van der Waals surface area contributed by atoms with Gasteiger partial charge in [-0.25, -0.2) is 0 Å². The molecule has 0 saturated heterocycles. The molecule has 0 aromatic heterocycles. The summed E-state index contributed by atoms with van der Waals surface area (Å²) in [7, 11) is 0. The number of phenols is 1. The van der Waals surface area contributed by atoms with Crippen LogP contribution in [0.25, 0.3) is 0 Å². The van der Waals surface area contributed by atoms with Crippen molar-refractivity contribution in [2.75, 3.05) is 0 Å². The Morgan fingerprint density at radius 2 is 1.88 bits per heavy atom. The number of rotatable bonds is 4. The van der Waals surface area contributed by atoms with Crippen molar-refractivity contribution in [1.82, 2.24) is 0 Å². The molecule has 2 aromatic rings. The van der Waals surface area contributed by atoms with E-state index in [-0.39, 0.29) is 41.5 Å². The number of Topliss-reactive ketones (excluding diaryl/α,β-unsaturated/α-hetero) is 1. The Morgan fingerprint density at radius 3 is 2.48 bits per heavy atom. The maximum atomic E-state index is 12.0. The molecule has 0 saturated carbocycles. The fraction of sp³-hybridized carbons (Fsp3) is 0.300. The van der Waals surface area contributed by atoms with Crippen LogP contribution in [-0.2, 0) is 4.79 Å². The monoisotopic (exact) mass is 340 g/mol. The first-order chi connectivity index (χ1) is 11.9. The van der Waals surface area contributed by atoms with Gasteiger partial charge in [0.1, 0.15) is 17.2 Å². The van der Waals surface area contributed by atoms with E-state index in [1.54, 1.807) is 6.07 Å². The highest BCUT2D eigenvalue weighted by Crippen LogP contribution is 2.45. The van der Waals surface area contributed by atoms with Crippen molar-refractivity contribution < 1.29 is 24.2 Å². The number of esters is 1. The predicted octanol–water partition coefficient (Wildman–Crippen LogP) is 3.82. The second-order valence-corrected chi connectivity index (χ2v) is 6.40. The minimum atomic E-state index is -0.372. The summed E-state index contributed by atoms with van der Waals surface area (Å²) in [5, 5.41) is 10.6. The Labute approximate surface area is 146 Å².